The average Bonchev–Trinajstić information content (AvgIpc) is 3.26. The normalized spacial score (nSPS) is 15.9. The quantitative estimate of drug-likeness (QED) is 0.452. The van der Waals surface area contributed by atoms with Crippen molar-refractivity contribution in [3.8, 4) is 17.1 Å². The summed E-state index contributed by atoms with van der Waals surface area (Å²) in [7, 11) is 0. The molecule has 1 atom stereocenters. The Balaban J connectivity index is 1.61. The second kappa shape index (κ2) is 11.3. The molecule has 0 aliphatic carbocycles. The van der Waals surface area contributed by atoms with Gasteiger partial charge in [-0.1, -0.05) is 24.2 Å². The van der Waals surface area contributed by atoms with E-state index in [-0.39, 0.29) is 18.6 Å². The molecule has 0 N–H and O–H groups in total. The highest BCUT2D eigenvalue weighted by molar-refractivity contribution is 5.71. The van der Waals surface area contributed by atoms with Gasteiger partial charge in [0.25, 0.3) is 0 Å². The van der Waals surface area contributed by atoms with Crippen molar-refractivity contribution in [1.82, 2.24) is 15.0 Å². The fourth-order valence-corrected chi connectivity index (χ4v) is 4.26. The Hall–Kier alpha value is -3.10. The molecule has 2 aromatic rings. The first-order valence-corrected chi connectivity index (χ1v) is 12.6. The standard InChI is InChI=1S/C27H39N3O6/c1-8-21(18-12-14-30(15-13-18)25(32)35-27(5,6)7)24-28-23(29-36-24)19-10-9-11-20(16-19)33-17-22(31)34-26(2,3)4/h9-11,16,18,21H,8,12-15,17H2,1-7H3. The summed E-state index contributed by atoms with van der Waals surface area (Å²) in [5.74, 6) is 1.61. The van der Waals surface area contributed by atoms with Crippen molar-refractivity contribution in [2.24, 2.45) is 5.92 Å². The summed E-state index contributed by atoms with van der Waals surface area (Å²) in [6, 6.07) is 7.23. The van der Waals surface area contributed by atoms with E-state index in [1.807, 2.05) is 53.7 Å². The van der Waals surface area contributed by atoms with Crippen LogP contribution in [0.1, 0.15) is 79.5 Å². The largest absolute Gasteiger partial charge is 0.482 e. The molecule has 36 heavy (non-hydrogen) atoms. The zero-order valence-corrected chi connectivity index (χ0v) is 22.5. The van der Waals surface area contributed by atoms with E-state index in [0.29, 0.717) is 36.5 Å². The van der Waals surface area contributed by atoms with Gasteiger partial charge in [0.15, 0.2) is 6.61 Å². The summed E-state index contributed by atoms with van der Waals surface area (Å²) in [5, 5.41) is 4.20. The summed E-state index contributed by atoms with van der Waals surface area (Å²) >= 11 is 0. The molecule has 1 aliphatic rings. The van der Waals surface area contributed by atoms with Crippen LogP contribution in [0.15, 0.2) is 28.8 Å². The van der Waals surface area contributed by atoms with Crippen molar-refractivity contribution in [2.75, 3.05) is 19.7 Å². The zero-order chi connectivity index (χ0) is 26.5. The first kappa shape index (κ1) is 27.5. The number of piperidine rings is 1. The number of carbonyl (C=O) groups is 2. The lowest BCUT2D eigenvalue weighted by molar-refractivity contribution is -0.157. The van der Waals surface area contributed by atoms with Gasteiger partial charge in [-0.15, -0.1) is 0 Å². The number of hydrogen-bond acceptors (Lipinski definition) is 8. The second-order valence-corrected chi connectivity index (χ2v) is 11.2. The van der Waals surface area contributed by atoms with Crippen molar-refractivity contribution in [3.05, 3.63) is 30.2 Å². The van der Waals surface area contributed by atoms with E-state index in [1.165, 1.54) is 0 Å². The van der Waals surface area contributed by atoms with Crippen LogP contribution in [-0.4, -0.2) is 58.0 Å². The van der Waals surface area contributed by atoms with E-state index in [1.54, 1.807) is 17.0 Å². The summed E-state index contributed by atoms with van der Waals surface area (Å²) in [5.41, 5.74) is -0.329. The third-order valence-electron chi connectivity index (χ3n) is 5.83. The third kappa shape index (κ3) is 7.96. The Morgan fingerprint density at radius 1 is 1.08 bits per heavy atom. The van der Waals surface area contributed by atoms with E-state index in [9.17, 15) is 9.59 Å². The molecule has 0 radical (unpaired) electrons. The Morgan fingerprint density at radius 3 is 2.36 bits per heavy atom. The molecule has 0 bridgehead atoms. The maximum Gasteiger partial charge on any atom is 0.410 e. The predicted octanol–water partition coefficient (Wildman–Crippen LogP) is 5.60. The van der Waals surface area contributed by atoms with Gasteiger partial charge in [-0.2, -0.15) is 4.98 Å². The van der Waals surface area contributed by atoms with Crippen LogP contribution in [0.2, 0.25) is 0 Å². The topological polar surface area (TPSA) is 104 Å². The van der Waals surface area contributed by atoms with Gasteiger partial charge in [0.1, 0.15) is 17.0 Å². The number of benzene rings is 1. The molecular formula is C27H39N3O6. The molecule has 0 saturated carbocycles. The lowest BCUT2D eigenvalue weighted by atomic mass is 9.82. The molecule has 1 fully saturated rings. The fraction of sp³-hybridized carbons (Fsp3) is 0.630. The molecule has 1 aromatic heterocycles. The van der Waals surface area contributed by atoms with Gasteiger partial charge in [-0.05, 0) is 78.9 Å². The van der Waals surface area contributed by atoms with Gasteiger partial charge < -0.3 is 23.6 Å². The molecule has 1 aliphatic heterocycles. The molecular weight excluding hydrogens is 462 g/mol. The zero-order valence-electron chi connectivity index (χ0n) is 22.5. The smallest absolute Gasteiger partial charge is 0.410 e. The summed E-state index contributed by atoms with van der Waals surface area (Å²) in [6.07, 6.45) is 2.30. The maximum atomic E-state index is 12.4. The van der Waals surface area contributed by atoms with Crippen molar-refractivity contribution in [3.63, 3.8) is 0 Å². The molecule has 0 spiro atoms. The highest BCUT2D eigenvalue weighted by Gasteiger charge is 2.33. The average molecular weight is 502 g/mol. The van der Waals surface area contributed by atoms with Crippen molar-refractivity contribution < 1.29 is 28.3 Å². The first-order valence-electron chi connectivity index (χ1n) is 12.6. The lowest BCUT2D eigenvalue weighted by Gasteiger charge is -2.35. The SMILES string of the molecule is CCC(c1nc(-c2cccc(OCC(=O)OC(C)(C)C)c2)no1)C1CCN(C(=O)OC(C)(C)C)CC1. The van der Waals surface area contributed by atoms with Crippen LogP contribution in [0.4, 0.5) is 4.79 Å². The van der Waals surface area contributed by atoms with Crippen molar-refractivity contribution in [2.45, 2.75) is 84.8 Å². The van der Waals surface area contributed by atoms with Crippen molar-refractivity contribution in [1.29, 1.82) is 0 Å². The number of aromatic nitrogens is 2. The molecule has 1 amide bonds. The van der Waals surface area contributed by atoms with Gasteiger partial charge in [-0.3, -0.25) is 0 Å². The van der Waals surface area contributed by atoms with Crippen LogP contribution in [0.3, 0.4) is 0 Å². The molecule has 1 saturated heterocycles. The van der Waals surface area contributed by atoms with E-state index in [0.717, 1.165) is 24.8 Å². The highest BCUT2D eigenvalue weighted by Crippen LogP contribution is 2.35. The highest BCUT2D eigenvalue weighted by atomic mass is 16.6. The number of likely N-dealkylation sites (tertiary alicyclic amines) is 1. The Bertz CT molecular complexity index is 1030. The number of esters is 1. The molecule has 9 nitrogen and oxygen atoms in total. The second-order valence-electron chi connectivity index (χ2n) is 11.2. The van der Waals surface area contributed by atoms with Gasteiger partial charge in [0.2, 0.25) is 11.7 Å². The van der Waals surface area contributed by atoms with Crippen LogP contribution in [-0.2, 0) is 14.3 Å². The number of ether oxygens (including phenoxy) is 3. The van der Waals surface area contributed by atoms with Gasteiger partial charge in [0.05, 0.1) is 0 Å². The molecule has 198 valence electrons. The number of hydrogen-bond donors (Lipinski definition) is 0. The molecule has 1 unspecified atom stereocenters. The number of amides is 1. The summed E-state index contributed by atoms with van der Waals surface area (Å²) in [6.45, 7) is 14.3. The lowest BCUT2D eigenvalue weighted by Crippen LogP contribution is -2.42. The Labute approximate surface area is 213 Å². The van der Waals surface area contributed by atoms with Crippen LogP contribution in [0, 0.1) is 5.92 Å². The van der Waals surface area contributed by atoms with E-state index in [4.69, 9.17) is 18.7 Å². The van der Waals surface area contributed by atoms with Gasteiger partial charge in [-0.25, -0.2) is 9.59 Å². The van der Waals surface area contributed by atoms with Crippen LogP contribution >= 0.6 is 0 Å². The monoisotopic (exact) mass is 501 g/mol. The number of carbonyl (C=O) groups excluding carboxylic acids is 2. The molecule has 2 heterocycles. The predicted molar refractivity (Wildman–Crippen MR) is 135 cm³/mol. The van der Waals surface area contributed by atoms with Gasteiger partial charge in [0, 0.05) is 24.6 Å². The third-order valence-corrected chi connectivity index (χ3v) is 5.83. The van der Waals surface area contributed by atoms with E-state index < -0.39 is 17.2 Å². The first-order chi connectivity index (χ1) is 16.8. The van der Waals surface area contributed by atoms with Gasteiger partial charge >= 0.3 is 12.1 Å². The summed E-state index contributed by atoms with van der Waals surface area (Å²) < 4.78 is 22.1. The minimum atomic E-state index is -0.564. The molecule has 1 aromatic carbocycles. The number of nitrogens with zero attached hydrogens (tertiary/aromatic N) is 3. The minimum absolute atomic E-state index is 0.110. The van der Waals surface area contributed by atoms with Crippen LogP contribution < -0.4 is 4.74 Å². The fourth-order valence-electron chi connectivity index (χ4n) is 4.26. The van der Waals surface area contributed by atoms with Crippen LogP contribution in [0.5, 0.6) is 5.75 Å². The van der Waals surface area contributed by atoms with Crippen LogP contribution in [0.25, 0.3) is 11.4 Å². The Morgan fingerprint density at radius 2 is 1.75 bits per heavy atom. The minimum Gasteiger partial charge on any atom is -0.482 e. The van der Waals surface area contributed by atoms with E-state index in [2.05, 4.69) is 17.1 Å². The summed E-state index contributed by atoms with van der Waals surface area (Å²) in [4.78, 5) is 30.8. The number of rotatable bonds is 7. The maximum absolute atomic E-state index is 12.4. The van der Waals surface area contributed by atoms with Crippen molar-refractivity contribution >= 4 is 12.1 Å². The Kier molecular flexibility index (Phi) is 8.63. The molecule has 9 heteroatoms. The van der Waals surface area contributed by atoms with E-state index >= 15 is 0 Å². The molecule has 3 rings (SSSR count).